The average Bonchev–Trinajstić information content (AvgIpc) is 2.40. The van der Waals surface area contributed by atoms with E-state index >= 15 is 0 Å². The summed E-state index contributed by atoms with van der Waals surface area (Å²) < 4.78 is 5.75. The molecule has 0 spiro atoms. The Kier molecular flexibility index (Phi) is 4.44. The van der Waals surface area contributed by atoms with E-state index in [0.717, 1.165) is 0 Å². The Labute approximate surface area is 132 Å². The van der Waals surface area contributed by atoms with Gasteiger partial charge in [-0.2, -0.15) is 0 Å². The number of halogens is 2. The van der Waals surface area contributed by atoms with E-state index in [2.05, 4.69) is 15.9 Å². The fourth-order valence-corrected chi connectivity index (χ4v) is 2.33. The number of rotatable bonds is 4. The van der Waals surface area contributed by atoms with Gasteiger partial charge in [-0.05, 0) is 34.1 Å². The van der Waals surface area contributed by atoms with Gasteiger partial charge in [-0.3, -0.25) is 10.1 Å². The molecule has 0 fully saturated rings. The van der Waals surface area contributed by atoms with Gasteiger partial charge in [-0.15, -0.1) is 0 Å². The van der Waals surface area contributed by atoms with Crippen LogP contribution in [0.3, 0.4) is 0 Å². The number of carbonyl (C=O) groups is 1. The van der Waals surface area contributed by atoms with Crippen LogP contribution in [0, 0.1) is 10.1 Å². The number of ether oxygens (including phenoxy) is 1. The SMILES string of the molecule is O=C(O)c1c(Cl)cccc1Oc1c(Br)cccc1[N+](=O)[O-]. The number of aromatic carboxylic acids is 1. The molecule has 21 heavy (non-hydrogen) atoms. The summed E-state index contributed by atoms with van der Waals surface area (Å²) in [5.74, 6) is -1.46. The quantitative estimate of drug-likeness (QED) is 0.630. The van der Waals surface area contributed by atoms with E-state index < -0.39 is 10.9 Å². The van der Waals surface area contributed by atoms with Crippen molar-refractivity contribution in [2.75, 3.05) is 0 Å². The van der Waals surface area contributed by atoms with Gasteiger partial charge in [0, 0.05) is 6.07 Å². The summed E-state index contributed by atoms with van der Waals surface area (Å²) in [6.07, 6.45) is 0. The van der Waals surface area contributed by atoms with E-state index in [-0.39, 0.29) is 27.8 Å². The topological polar surface area (TPSA) is 89.7 Å². The number of nitro benzene ring substituents is 1. The Bertz CT molecular complexity index is 734. The third kappa shape index (κ3) is 3.14. The van der Waals surface area contributed by atoms with Gasteiger partial charge in [-0.1, -0.05) is 23.7 Å². The molecule has 0 aliphatic heterocycles. The van der Waals surface area contributed by atoms with Crippen LogP contribution < -0.4 is 4.74 Å². The number of carboxylic acid groups (broad SMARTS) is 1. The molecule has 0 saturated carbocycles. The maximum absolute atomic E-state index is 11.2. The fourth-order valence-electron chi connectivity index (χ4n) is 1.65. The Morgan fingerprint density at radius 2 is 1.95 bits per heavy atom. The van der Waals surface area contributed by atoms with E-state index in [1.807, 2.05) is 0 Å². The van der Waals surface area contributed by atoms with Crippen LogP contribution in [0.2, 0.25) is 5.02 Å². The van der Waals surface area contributed by atoms with Crippen LogP contribution in [0.4, 0.5) is 5.69 Å². The van der Waals surface area contributed by atoms with Crippen molar-refractivity contribution in [2.45, 2.75) is 0 Å². The number of para-hydroxylation sites is 1. The molecule has 0 aliphatic rings. The van der Waals surface area contributed by atoms with Crippen molar-refractivity contribution in [3.63, 3.8) is 0 Å². The van der Waals surface area contributed by atoms with Gasteiger partial charge >= 0.3 is 11.7 Å². The number of nitro groups is 1. The highest BCUT2D eigenvalue weighted by molar-refractivity contribution is 9.10. The smallest absolute Gasteiger partial charge is 0.341 e. The minimum absolute atomic E-state index is 0.0188. The lowest BCUT2D eigenvalue weighted by molar-refractivity contribution is -0.385. The minimum Gasteiger partial charge on any atom is -0.478 e. The third-order valence-electron chi connectivity index (χ3n) is 2.54. The molecule has 2 aromatic rings. The first-order chi connectivity index (χ1) is 9.91. The molecular weight excluding hydrogens is 366 g/mol. The van der Waals surface area contributed by atoms with Crippen LogP contribution in [0.25, 0.3) is 0 Å². The van der Waals surface area contributed by atoms with Gasteiger partial charge in [0.1, 0.15) is 11.3 Å². The molecule has 0 aliphatic carbocycles. The molecule has 0 unspecified atom stereocenters. The van der Waals surface area contributed by atoms with Crippen LogP contribution in [0.5, 0.6) is 11.5 Å². The molecule has 0 bridgehead atoms. The average molecular weight is 373 g/mol. The molecule has 8 heteroatoms. The molecule has 0 amide bonds. The molecule has 6 nitrogen and oxygen atoms in total. The first-order valence-electron chi connectivity index (χ1n) is 5.54. The highest BCUT2D eigenvalue weighted by Gasteiger charge is 2.22. The van der Waals surface area contributed by atoms with Crippen molar-refractivity contribution in [3.8, 4) is 11.5 Å². The van der Waals surface area contributed by atoms with E-state index in [0.29, 0.717) is 4.47 Å². The highest BCUT2D eigenvalue weighted by Crippen LogP contribution is 2.40. The summed E-state index contributed by atoms with van der Waals surface area (Å²) in [5.41, 5.74) is -0.551. The van der Waals surface area contributed by atoms with Crippen molar-refractivity contribution in [3.05, 3.63) is 61.6 Å². The number of benzene rings is 2. The monoisotopic (exact) mass is 371 g/mol. The van der Waals surface area contributed by atoms with Crippen molar-refractivity contribution >= 4 is 39.2 Å². The van der Waals surface area contributed by atoms with Crippen LogP contribution in [0.1, 0.15) is 10.4 Å². The number of nitrogens with zero attached hydrogens (tertiary/aromatic N) is 1. The predicted octanol–water partition coefficient (Wildman–Crippen LogP) is 4.50. The Balaban J connectivity index is 2.56. The maximum Gasteiger partial charge on any atom is 0.341 e. The standard InChI is InChI=1S/C13H7BrClNO5/c14-7-3-1-5-9(16(19)20)12(7)21-10-6-2-4-8(15)11(10)13(17)18/h1-6H,(H,17,18). The second kappa shape index (κ2) is 6.11. The predicted molar refractivity (Wildman–Crippen MR) is 79.3 cm³/mol. The number of carboxylic acids is 1. The molecule has 0 saturated heterocycles. The van der Waals surface area contributed by atoms with Crippen molar-refractivity contribution in [2.24, 2.45) is 0 Å². The molecular formula is C13H7BrClNO5. The molecule has 0 atom stereocenters. The van der Waals surface area contributed by atoms with E-state index in [1.54, 1.807) is 6.07 Å². The van der Waals surface area contributed by atoms with Crippen LogP contribution >= 0.6 is 27.5 Å². The van der Waals surface area contributed by atoms with Gasteiger partial charge in [-0.25, -0.2) is 4.79 Å². The minimum atomic E-state index is -1.29. The highest BCUT2D eigenvalue weighted by atomic mass is 79.9. The van der Waals surface area contributed by atoms with Gasteiger partial charge in [0.25, 0.3) is 0 Å². The van der Waals surface area contributed by atoms with E-state index in [9.17, 15) is 14.9 Å². The molecule has 108 valence electrons. The summed E-state index contributed by atoms with van der Waals surface area (Å²) in [4.78, 5) is 21.6. The first kappa shape index (κ1) is 15.3. The Hall–Kier alpha value is -2.12. The van der Waals surface area contributed by atoms with Crippen molar-refractivity contribution in [1.82, 2.24) is 0 Å². The third-order valence-corrected chi connectivity index (χ3v) is 3.48. The summed E-state index contributed by atoms with van der Waals surface area (Å²) in [6.45, 7) is 0. The van der Waals surface area contributed by atoms with E-state index in [1.165, 1.54) is 30.3 Å². The van der Waals surface area contributed by atoms with Crippen LogP contribution in [-0.2, 0) is 0 Å². The van der Waals surface area contributed by atoms with Gasteiger partial charge in [0.15, 0.2) is 0 Å². The molecule has 0 heterocycles. The fraction of sp³-hybridized carbons (Fsp3) is 0. The molecule has 1 N–H and O–H groups in total. The van der Waals surface area contributed by atoms with E-state index in [4.69, 9.17) is 21.4 Å². The lowest BCUT2D eigenvalue weighted by atomic mass is 10.2. The Morgan fingerprint density at radius 3 is 2.57 bits per heavy atom. The summed E-state index contributed by atoms with van der Waals surface area (Å²) in [7, 11) is 0. The molecule has 2 aromatic carbocycles. The van der Waals surface area contributed by atoms with Crippen LogP contribution in [-0.4, -0.2) is 16.0 Å². The van der Waals surface area contributed by atoms with Gasteiger partial charge < -0.3 is 9.84 Å². The molecule has 0 aromatic heterocycles. The summed E-state index contributed by atoms with van der Waals surface area (Å²) in [6, 6.07) is 8.54. The molecule has 2 rings (SSSR count). The van der Waals surface area contributed by atoms with Crippen molar-refractivity contribution < 1.29 is 19.6 Å². The number of hydrogen-bond donors (Lipinski definition) is 1. The maximum atomic E-state index is 11.2. The second-order valence-corrected chi connectivity index (χ2v) is 5.13. The number of hydrogen-bond acceptors (Lipinski definition) is 4. The van der Waals surface area contributed by atoms with Crippen LogP contribution in [0.15, 0.2) is 40.9 Å². The zero-order valence-electron chi connectivity index (χ0n) is 10.2. The lowest BCUT2D eigenvalue weighted by Crippen LogP contribution is -2.02. The normalized spacial score (nSPS) is 10.2. The second-order valence-electron chi connectivity index (χ2n) is 3.87. The van der Waals surface area contributed by atoms with Crippen molar-refractivity contribution in [1.29, 1.82) is 0 Å². The van der Waals surface area contributed by atoms with Gasteiger partial charge in [0.2, 0.25) is 5.75 Å². The summed E-state index contributed by atoms with van der Waals surface area (Å²) in [5, 5.41) is 20.2. The van der Waals surface area contributed by atoms with Gasteiger partial charge in [0.05, 0.1) is 14.4 Å². The zero-order chi connectivity index (χ0) is 15.6. The summed E-state index contributed by atoms with van der Waals surface area (Å²) >= 11 is 8.97. The first-order valence-corrected chi connectivity index (χ1v) is 6.71. The zero-order valence-corrected chi connectivity index (χ0v) is 12.6. The largest absolute Gasteiger partial charge is 0.478 e. The molecule has 0 radical (unpaired) electrons. The Morgan fingerprint density at radius 1 is 1.29 bits per heavy atom. The lowest BCUT2D eigenvalue weighted by Gasteiger charge is -2.11.